The molecule has 3 N–H and O–H groups in total. The number of nitrogens with zero attached hydrogens (tertiary/aromatic N) is 1. The average molecular weight is 227 g/mol. The van der Waals surface area contributed by atoms with Crippen molar-refractivity contribution in [1.29, 1.82) is 5.26 Å². The zero-order chi connectivity index (χ0) is 12.3. The zero-order valence-electron chi connectivity index (χ0n) is 8.94. The Balaban J connectivity index is 2.32. The smallest absolute Gasteiger partial charge is 0.148 e. The number of para-hydroxylation sites is 1. The van der Waals surface area contributed by atoms with Crippen LogP contribution in [-0.4, -0.2) is 0 Å². The van der Waals surface area contributed by atoms with Crippen molar-refractivity contribution in [2.45, 2.75) is 0 Å². The van der Waals surface area contributed by atoms with Crippen molar-refractivity contribution in [3.8, 4) is 6.07 Å². The van der Waals surface area contributed by atoms with Crippen LogP contribution in [0.5, 0.6) is 0 Å². The summed E-state index contributed by atoms with van der Waals surface area (Å²) in [6.45, 7) is 0. The first-order chi connectivity index (χ1) is 8.20. The minimum atomic E-state index is -0.482. The van der Waals surface area contributed by atoms with Gasteiger partial charge in [-0.25, -0.2) is 4.39 Å². The van der Waals surface area contributed by atoms with E-state index in [9.17, 15) is 4.39 Å². The summed E-state index contributed by atoms with van der Waals surface area (Å²) in [6, 6.07) is 13.5. The molecule has 0 aromatic heterocycles. The van der Waals surface area contributed by atoms with Crippen LogP contribution < -0.4 is 11.1 Å². The van der Waals surface area contributed by atoms with Gasteiger partial charge in [-0.1, -0.05) is 12.1 Å². The van der Waals surface area contributed by atoms with Crippen LogP contribution in [0.1, 0.15) is 5.56 Å². The van der Waals surface area contributed by atoms with Crippen LogP contribution in [-0.2, 0) is 0 Å². The molecule has 84 valence electrons. The molecule has 0 atom stereocenters. The van der Waals surface area contributed by atoms with Crippen molar-refractivity contribution in [3.63, 3.8) is 0 Å². The number of nitrogens with one attached hydrogen (secondary N) is 1. The molecule has 0 aliphatic heterocycles. The highest BCUT2D eigenvalue weighted by Crippen LogP contribution is 2.22. The fourth-order valence-corrected chi connectivity index (χ4v) is 1.45. The summed E-state index contributed by atoms with van der Waals surface area (Å²) in [7, 11) is 0. The van der Waals surface area contributed by atoms with E-state index in [4.69, 9.17) is 11.0 Å². The molecule has 2 aromatic rings. The third-order valence-electron chi connectivity index (χ3n) is 2.33. The highest BCUT2D eigenvalue weighted by molar-refractivity contribution is 5.67. The normalized spacial score (nSPS) is 9.65. The maximum absolute atomic E-state index is 13.2. The van der Waals surface area contributed by atoms with E-state index in [1.807, 2.05) is 0 Å². The van der Waals surface area contributed by atoms with Crippen molar-refractivity contribution in [3.05, 3.63) is 53.8 Å². The van der Waals surface area contributed by atoms with Gasteiger partial charge in [0.2, 0.25) is 0 Å². The summed E-state index contributed by atoms with van der Waals surface area (Å²) in [6.07, 6.45) is 0. The monoisotopic (exact) mass is 227 g/mol. The van der Waals surface area contributed by atoms with E-state index < -0.39 is 5.82 Å². The van der Waals surface area contributed by atoms with Gasteiger partial charge in [-0.3, -0.25) is 0 Å². The molecule has 2 rings (SSSR count). The standard InChI is InChI=1S/C13H10FN3/c14-11-7-10(5-6-12(11)16)17-13-4-2-1-3-9(13)8-15/h1-7,17H,16H2. The van der Waals surface area contributed by atoms with Gasteiger partial charge in [0.1, 0.15) is 11.9 Å². The van der Waals surface area contributed by atoms with Crippen LogP contribution in [0.4, 0.5) is 21.5 Å². The molecule has 0 aliphatic carbocycles. The minimum Gasteiger partial charge on any atom is -0.396 e. The Morgan fingerprint density at radius 2 is 1.94 bits per heavy atom. The van der Waals surface area contributed by atoms with Gasteiger partial charge in [0.25, 0.3) is 0 Å². The number of anilines is 3. The number of hydrogen-bond acceptors (Lipinski definition) is 3. The molecule has 4 heteroatoms. The molecule has 0 unspecified atom stereocenters. The second kappa shape index (κ2) is 4.54. The van der Waals surface area contributed by atoms with Crippen molar-refractivity contribution in [1.82, 2.24) is 0 Å². The van der Waals surface area contributed by atoms with Crippen molar-refractivity contribution >= 4 is 17.1 Å². The van der Waals surface area contributed by atoms with E-state index in [1.165, 1.54) is 12.1 Å². The molecule has 0 amide bonds. The lowest BCUT2D eigenvalue weighted by Gasteiger charge is -2.08. The van der Waals surface area contributed by atoms with E-state index >= 15 is 0 Å². The van der Waals surface area contributed by atoms with Crippen molar-refractivity contribution < 1.29 is 4.39 Å². The summed E-state index contributed by atoms with van der Waals surface area (Å²) in [4.78, 5) is 0. The van der Waals surface area contributed by atoms with Crippen molar-refractivity contribution in [2.24, 2.45) is 0 Å². The number of nitriles is 1. The van der Waals surface area contributed by atoms with Gasteiger partial charge in [0.05, 0.1) is 16.9 Å². The molecular formula is C13H10FN3. The molecule has 0 bridgehead atoms. The van der Waals surface area contributed by atoms with Crippen LogP contribution in [0.3, 0.4) is 0 Å². The Morgan fingerprint density at radius 3 is 2.65 bits per heavy atom. The average Bonchev–Trinajstić information content (AvgIpc) is 2.34. The summed E-state index contributed by atoms with van der Waals surface area (Å²) < 4.78 is 13.2. The second-order valence-electron chi connectivity index (χ2n) is 3.52. The number of nitrogen functional groups attached to an aromatic ring is 1. The van der Waals surface area contributed by atoms with Crippen LogP contribution in [0.25, 0.3) is 0 Å². The molecule has 0 heterocycles. The van der Waals surface area contributed by atoms with E-state index in [-0.39, 0.29) is 5.69 Å². The zero-order valence-corrected chi connectivity index (χ0v) is 8.94. The number of hydrogen-bond donors (Lipinski definition) is 2. The van der Waals surface area contributed by atoms with E-state index in [2.05, 4.69) is 11.4 Å². The van der Waals surface area contributed by atoms with Crippen LogP contribution in [0.2, 0.25) is 0 Å². The molecule has 0 aliphatic rings. The highest BCUT2D eigenvalue weighted by atomic mass is 19.1. The van der Waals surface area contributed by atoms with E-state index in [0.29, 0.717) is 16.9 Å². The predicted octanol–water partition coefficient (Wildman–Crippen LogP) is 3.02. The first-order valence-electron chi connectivity index (χ1n) is 5.02. The second-order valence-corrected chi connectivity index (χ2v) is 3.52. The molecule has 17 heavy (non-hydrogen) atoms. The molecule has 0 spiro atoms. The minimum absolute atomic E-state index is 0.101. The molecule has 0 radical (unpaired) electrons. The fraction of sp³-hybridized carbons (Fsp3) is 0. The Morgan fingerprint density at radius 1 is 1.18 bits per heavy atom. The predicted molar refractivity (Wildman–Crippen MR) is 65.3 cm³/mol. The summed E-state index contributed by atoms with van der Waals surface area (Å²) >= 11 is 0. The molecule has 0 saturated heterocycles. The first-order valence-corrected chi connectivity index (χ1v) is 5.02. The fourth-order valence-electron chi connectivity index (χ4n) is 1.45. The van der Waals surface area contributed by atoms with Gasteiger partial charge in [0, 0.05) is 5.69 Å². The van der Waals surface area contributed by atoms with Gasteiger partial charge < -0.3 is 11.1 Å². The Kier molecular flexibility index (Phi) is 2.93. The molecular weight excluding hydrogens is 217 g/mol. The van der Waals surface area contributed by atoms with E-state index in [0.717, 1.165) is 0 Å². The Labute approximate surface area is 98.3 Å². The number of halogens is 1. The molecule has 3 nitrogen and oxygen atoms in total. The highest BCUT2D eigenvalue weighted by Gasteiger charge is 2.03. The maximum atomic E-state index is 13.2. The quantitative estimate of drug-likeness (QED) is 0.775. The Hall–Kier alpha value is -2.54. The van der Waals surface area contributed by atoms with Gasteiger partial charge in [-0.05, 0) is 30.3 Å². The summed E-state index contributed by atoms with van der Waals surface area (Å²) in [5.41, 5.74) is 7.18. The SMILES string of the molecule is N#Cc1ccccc1Nc1ccc(N)c(F)c1. The van der Waals surface area contributed by atoms with E-state index in [1.54, 1.807) is 30.3 Å². The van der Waals surface area contributed by atoms with Gasteiger partial charge in [0.15, 0.2) is 0 Å². The molecule has 0 fully saturated rings. The van der Waals surface area contributed by atoms with Crippen molar-refractivity contribution in [2.75, 3.05) is 11.1 Å². The van der Waals surface area contributed by atoms with Crippen LogP contribution >= 0.6 is 0 Å². The van der Waals surface area contributed by atoms with Gasteiger partial charge in [-0.15, -0.1) is 0 Å². The van der Waals surface area contributed by atoms with Crippen LogP contribution in [0.15, 0.2) is 42.5 Å². The summed E-state index contributed by atoms with van der Waals surface area (Å²) in [5, 5.41) is 11.9. The Bertz CT molecular complexity index is 587. The topological polar surface area (TPSA) is 61.8 Å². The lowest BCUT2D eigenvalue weighted by atomic mass is 10.2. The van der Waals surface area contributed by atoms with Crippen LogP contribution in [0, 0.1) is 17.1 Å². The van der Waals surface area contributed by atoms with Gasteiger partial charge in [-0.2, -0.15) is 5.26 Å². The lowest BCUT2D eigenvalue weighted by molar-refractivity contribution is 0.633. The maximum Gasteiger partial charge on any atom is 0.148 e. The lowest BCUT2D eigenvalue weighted by Crippen LogP contribution is -1.96. The number of benzene rings is 2. The first kappa shape index (κ1) is 11.0. The third kappa shape index (κ3) is 2.34. The molecule has 0 saturated carbocycles. The largest absolute Gasteiger partial charge is 0.396 e. The molecule has 2 aromatic carbocycles. The summed E-state index contributed by atoms with van der Waals surface area (Å²) in [5.74, 6) is -0.482. The number of nitrogens with two attached hydrogens (primary N) is 1. The van der Waals surface area contributed by atoms with Gasteiger partial charge >= 0.3 is 0 Å². The third-order valence-corrected chi connectivity index (χ3v) is 2.33. The number of rotatable bonds is 2.